The summed E-state index contributed by atoms with van der Waals surface area (Å²) in [5.74, 6) is 0.986. The van der Waals surface area contributed by atoms with Gasteiger partial charge in [0.05, 0.1) is 0 Å². The second-order valence-corrected chi connectivity index (χ2v) is 4.73. The van der Waals surface area contributed by atoms with E-state index in [1.807, 2.05) is 0 Å². The maximum atomic E-state index is 2.66. The topological polar surface area (TPSA) is 3.24 Å². The maximum Gasteiger partial charge on any atom is -0.00186 e. The molecule has 0 amide bonds. The van der Waals surface area contributed by atoms with Gasteiger partial charge in [-0.1, -0.05) is 33.1 Å². The summed E-state index contributed by atoms with van der Waals surface area (Å²) in [5.41, 5.74) is 0. The summed E-state index contributed by atoms with van der Waals surface area (Å²) in [5, 5.41) is 0. The van der Waals surface area contributed by atoms with Crippen LogP contribution < -0.4 is 0 Å². The molecule has 0 aromatic heterocycles. The molecule has 14 heavy (non-hydrogen) atoms. The highest BCUT2D eigenvalue weighted by Crippen LogP contribution is 2.16. The van der Waals surface area contributed by atoms with Gasteiger partial charge < -0.3 is 4.90 Å². The maximum absolute atomic E-state index is 2.66. The molecule has 0 aliphatic carbocycles. The molecule has 0 bridgehead atoms. The molecule has 1 heterocycles. The van der Waals surface area contributed by atoms with E-state index in [0.717, 1.165) is 5.92 Å². The average molecular weight is 197 g/mol. The van der Waals surface area contributed by atoms with E-state index in [4.69, 9.17) is 0 Å². The second kappa shape index (κ2) is 7.28. The molecular weight excluding hydrogens is 170 g/mol. The molecule has 0 saturated carbocycles. The van der Waals surface area contributed by atoms with Crippen molar-refractivity contribution < 1.29 is 0 Å². The third-order valence-corrected chi connectivity index (χ3v) is 3.69. The van der Waals surface area contributed by atoms with Crippen LogP contribution >= 0.6 is 0 Å². The third kappa shape index (κ3) is 4.45. The molecule has 1 saturated heterocycles. The molecule has 1 nitrogen and oxygen atoms in total. The van der Waals surface area contributed by atoms with E-state index >= 15 is 0 Å². The summed E-state index contributed by atoms with van der Waals surface area (Å²) in [6.07, 6.45) is 9.95. The minimum Gasteiger partial charge on any atom is -0.303 e. The van der Waals surface area contributed by atoms with Crippen molar-refractivity contribution in [2.45, 2.75) is 58.8 Å². The Morgan fingerprint density at radius 3 is 2.21 bits per heavy atom. The van der Waals surface area contributed by atoms with E-state index in [-0.39, 0.29) is 0 Å². The van der Waals surface area contributed by atoms with Gasteiger partial charge >= 0.3 is 0 Å². The highest BCUT2D eigenvalue weighted by atomic mass is 15.1. The fraction of sp³-hybridized carbons (Fsp3) is 1.00. The number of hydrogen-bond acceptors (Lipinski definition) is 1. The normalized spacial score (nSPS) is 19.1. The van der Waals surface area contributed by atoms with E-state index < -0.39 is 0 Å². The average Bonchev–Trinajstić information content (AvgIpc) is 2.26. The lowest BCUT2D eigenvalue weighted by atomic mass is 9.97. The molecule has 0 aromatic rings. The van der Waals surface area contributed by atoms with Crippen molar-refractivity contribution in [1.82, 2.24) is 4.90 Å². The van der Waals surface area contributed by atoms with Crippen LogP contribution in [0, 0.1) is 5.92 Å². The molecule has 1 aliphatic rings. The molecule has 1 rings (SSSR count). The van der Waals surface area contributed by atoms with E-state index in [1.54, 1.807) is 0 Å². The van der Waals surface area contributed by atoms with Crippen molar-refractivity contribution in [3.63, 3.8) is 0 Å². The highest BCUT2D eigenvalue weighted by molar-refractivity contribution is 4.65. The van der Waals surface area contributed by atoms with Gasteiger partial charge in [-0.05, 0) is 51.2 Å². The Labute approximate surface area is 89.9 Å². The molecule has 0 unspecified atom stereocenters. The minimum atomic E-state index is 0.986. The lowest BCUT2D eigenvalue weighted by Gasteiger charge is -2.26. The van der Waals surface area contributed by atoms with E-state index in [1.165, 1.54) is 64.6 Å². The first-order valence-electron chi connectivity index (χ1n) is 6.59. The summed E-state index contributed by atoms with van der Waals surface area (Å²) in [6, 6.07) is 0. The third-order valence-electron chi connectivity index (χ3n) is 3.69. The molecule has 84 valence electrons. The van der Waals surface area contributed by atoms with Crippen LogP contribution in [-0.2, 0) is 0 Å². The zero-order valence-corrected chi connectivity index (χ0v) is 10.1. The molecule has 0 N–H and O–H groups in total. The number of rotatable bonds is 6. The Morgan fingerprint density at radius 2 is 1.64 bits per heavy atom. The summed E-state index contributed by atoms with van der Waals surface area (Å²) in [4.78, 5) is 2.66. The zero-order valence-electron chi connectivity index (χ0n) is 10.1. The van der Waals surface area contributed by atoms with Gasteiger partial charge in [0.25, 0.3) is 0 Å². The molecule has 0 spiro atoms. The predicted molar refractivity (Wildman–Crippen MR) is 63.6 cm³/mol. The molecule has 1 fully saturated rings. The fourth-order valence-electron chi connectivity index (χ4n) is 2.48. The van der Waals surface area contributed by atoms with Crippen molar-refractivity contribution >= 4 is 0 Å². The Hall–Kier alpha value is -0.0400. The van der Waals surface area contributed by atoms with Crippen molar-refractivity contribution in [2.75, 3.05) is 19.6 Å². The Balaban J connectivity index is 2.01. The molecule has 0 aromatic carbocycles. The van der Waals surface area contributed by atoms with Crippen LogP contribution in [0.15, 0.2) is 0 Å². The molecule has 0 atom stereocenters. The highest BCUT2D eigenvalue weighted by Gasteiger charge is 2.10. The van der Waals surface area contributed by atoms with Gasteiger partial charge in [0.1, 0.15) is 0 Å². The molecule has 0 radical (unpaired) electrons. The van der Waals surface area contributed by atoms with Crippen molar-refractivity contribution in [3.05, 3.63) is 0 Å². The minimum absolute atomic E-state index is 0.986. The van der Waals surface area contributed by atoms with Crippen molar-refractivity contribution in [1.29, 1.82) is 0 Å². The van der Waals surface area contributed by atoms with Crippen LogP contribution in [-0.4, -0.2) is 24.5 Å². The molecular formula is C13H27N. The van der Waals surface area contributed by atoms with Crippen LogP contribution in [0.4, 0.5) is 0 Å². The standard InChI is InChI=1S/C13H27N/c1-3-13(4-2)9-8-12-14-10-6-5-7-11-14/h13H,3-12H2,1-2H3. The van der Waals surface area contributed by atoms with Gasteiger partial charge in [0.15, 0.2) is 0 Å². The first kappa shape index (κ1) is 12.0. The number of piperidine rings is 1. The Bertz CT molecular complexity index is 123. The lowest BCUT2D eigenvalue weighted by molar-refractivity contribution is 0.219. The van der Waals surface area contributed by atoms with Crippen LogP contribution in [0.3, 0.4) is 0 Å². The van der Waals surface area contributed by atoms with Crippen molar-refractivity contribution in [3.8, 4) is 0 Å². The fourth-order valence-corrected chi connectivity index (χ4v) is 2.48. The van der Waals surface area contributed by atoms with E-state index in [9.17, 15) is 0 Å². The Morgan fingerprint density at radius 1 is 1.00 bits per heavy atom. The van der Waals surface area contributed by atoms with Gasteiger partial charge in [-0.3, -0.25) is 0 Å². The first-order valence-corrected chi connectivity index (χ1v) is 6.59. The molecule has 1 aliphatic heterocycles. The zero-order chi connectivity index (χ0) is 10.2. The Kier molecular flexibility index (Phi) is 6.25. The summed E-state index contributed by atoms with van der Waals surface area (Å²) < 4.78 is 0. The van der Waals surface area contributed by atoms with Gasteiger partial charge in [0.2, 0.25) is 0 Å². The lowest BCUT2D eigenvalue weighted by Crippen LogP contribution is -2.30. The van der Waals surface area contributed by atoms with Gasteiger partial charge in [-0.25, -0.2) is 0 Å². The number of likely N-dealkylation sites (tertiary alicyclic amines) is 1. The van der Waals surface area contributed by atoms with Crippen LogP contribution in [0.1, 0.15) is 58.8 Å². The van der Waals surface area contributed by atoms with Crippen LogP contribution in [0.25, 0.3) is 0 Å². The van der Waals surface area contributed by atoms with Gasteiger partial charge in [-0.15, -0.1) is 0 Å². The molecule has 1 heteroatoms. The second-order valence-electron chi connectivity index (χ2n) is 4.73. The van der Waals surface area contributed by atoms with E-state index in [0.29, 0.717) is 0 Å². The van der Waals surface area contributed by atoms with Gasteiger partial charge in [0, 0.05) is 0 Å². The smallest absolute Gasteiger partial charge is 0.00186 e. The first-order chi connectivity index (χ1) is 6.86. The van der Waals surface area contributed by atoms with Crippen LogP contribution in [0.5, 0.6) is 0 Å². The summed E-state index contributed by atoms with van der Waals surface area (Å²) in [6.45, 7) is 8.74. The summed E-state index contributed by atoms with van der Waals surface area (Å²) >= 11 is 0. The SMILES string of the molecule is CCC(CC)CCCN1CCCCC1. The monoisotopic (exact) mass is 197 g/mol. The van der Waals surface area contributed by atoms with Crippen molar-refractivity contribution in [2.24, 2.45) is 5.92 Å². The van der Waals surface area contributed by atoms with E-state index in [2.05, 4.69) is 18.7 Å². The number of hydrogen-bond donors (Lipinski definition) is 0. The predicted octanol–water partition coefficient (Wildman–Crippen LogP) is 3.69. The van der Waals surface area contributed by atoms with Gasteiger partial charge in [-0.2, -0.15) is 0 Å². The quantitative estimate of drug-likeness (QED) is 0.628. The van der Waals surface area contributed by atoms with Crippen LogP contribution in [0.2, 0.25) is 0 Å². The largest absolute Gasteiger partial charge is 0.303 e. The summed E-state index contributed by atoms with van der Waals surface area (Å²) in [7, 11) is 0. The number of nitrogens with zero attached hydrogens (tertiary/aromatic N) is 1.